The second-order valence-corrected chi connectivity index (χ2v) is 7.42. The van der Waals surface area contributed by atoms with Crippen molar-refractivity contribution in [2.75, 3.05) is 11.9 Å². The van der Waals surface area contributed by atoms with Crippen LogP contribution in [0.1, 0.15) is 50.6 Å². The van der Waals surface area contributed by atoms with Crippen LogP contribution in [0.25, 0.3) is 0 Å². The fraction of sp³-hybridized carbons (Fsp3) is 0.286. The number of carbonyl (C=O) groups is 2. The molecule has 1 aliphatic rings. The zero-order valence-corrected chi connectivity index (χ0v) is 17.5. The molecule has 1 aliphatic heterocycles. The number of aromatic nitrogens is 3. The van der Waals surface area contributed by atoms with Crippen LogP contribution >= 0.6 is 0 Å². The predicted octanol–water partition coefficient (Wildman–Crippen LogP) is 3.68. The first-order valence-corrected chi connectivity index (χ1v) is 9.81. The summed E-state index contributed by atoms with van der Waals surface area (Å²) in [5, 5.41) is 6.11. The van der Waals surface area contributed by atoms with Gasteiger partial charge in [-0.15, -0.1) is 0 Å². The van der Waals surface area contributed by atoms with E-state index in [1.165, 1.54) is 24.7 Å². The Kier molecular flexibility index (Phi) is 5.75. The van der Waals surface area contributed by atoms with Gasteiger partial charge < -0.3 is 19.5 Å². The molecule has 33 heavy (non-hydrogen) atoms. The number of carbonyl (C=O) groups excluding carboxylic acids is 2. The van der Waals surface area contributed by atoms with E-state index in [2.05, 4.69) is 20.4 Å². The number of alkyl halides is 3. The van der Waals surface area contributed by atoms with E-state index in [4.69, 9.17) is 9.26 Å². The van der Waals surface area contributed by atoms with Crippen LogP contribution in [0.15, 0.2) is 41.3 Å². The molecule has 0 spiro atoms. The molecule has 0 saturated carbocycles. The maximum atomic E-state index is 13.0. The molecular weight excluding hydrogens is 443 g/mol. The number of hydrogen-bond acceptors (Lipinski definition) is 7. The second kappa shape index (κ2) is 8.52. The number of pyridine rings is 2. The van der Waals surface area contributed by atoms with Crippen LogP contribution in [0.3, 0.4) is 0 Å². The molecular formula is C21H18F3N5O4. The Labute approximate surface area is 185 Å². The molecule has 172 valence electrons. The molecule has 1 unspecified atom stereocenters. The number of fused-ring (bicyclic) bond motifs is 1. The van der Waals surface area contributed by atoms with Gasteiger partial charge in [0.25, 0.3) is 11.8 Å². The summed E-state index contributed by atoms with van der Waals surface area (Å²) in [6, 6.07) is 4.14. The average molecular weight is 461 g/mol. The second-order valence-electron chi connectivity index (χ2n) is 7.42. The van der Waals surface area contributed by atoms with E-state index >= 15 is 0 Å². The molecule has 0 radical (unpaired) electrons. The Morgan fingerprint density at radius 3 is 2.76 bits per heavy atom. The Balaban J connectivity index is 1.52. The van der Waals surface area contributed by atoms with Gasteiger partial charge in [-0.1, -0.05) is 5.16 Å². The Morgan fingerprint density at radius 1 is 1.30 bits per heavy atom. The fourth-order valence-electron chi connectivity index (χ4n) is 3.47. The normalized spacial score (nSPS) is 14.2. The SMILES string of the molecule is Cc1cc(C(C)N2Cc3c(ccnc3NC(=O)c3ccno3)C2=O)cnc1OCC(F)(F)F. The number of anilines is 1. The Bertz CT molecular complexity index is 1200. The van der Waals surface area contributed by atoms with Gasteiger partial charge in [-0.05, 0) is 31.5 Å². The average Bonchev–Trinajstić information content (AvgIpc) is 3.41. The predicted molar refractivity (Wildman–Crippen MR) is 108 cm³/mol. The summed E-state index contributed by atoms with van der Waals surface area (Å²) in [6.45, 7) is 2.08. The number of ether oxygens (including phenoxy) is 1. The summed E-state index contributed by atoms with van der Waals surface area (Å²) in [5.74, 6) is -0.729. The molecule has 0 bridgehead atoms. The van der Waals surface area contributed by atoms with Crippen LogP contribution < -0.4 is 10.1 Å². The fourth-order valence-corrected chi connectivity index (χ4v) is 3.47. The van der Waals surface area contributed by atoms with E-state index in [1.54, 1.807) is 30.9 Å². The molecule has 0 fully saturated rings. The summed E-state index contributed by atoms with van der Waals surface area (Å²) < 4.78 is 46.8. The van der Waals surface area contributed by atoms with Gasteiger partial charge in [0.2, 0.25) is 11.6 Å². The van der Waals surface area contributed by atoms with E-state index in [1.807, 2.05) is 0 Å². The molecule has 0 aliphatic carbocycles. The molecule has 4 rings (SSSR count). The molecule has 3 aromatic heterocycles. The smallest absolute Gasteiger partial charge is 0.422 e. The van der Waals surface area contributed by atoms with Crippen LogP contribution in [0.2, 0.25) is 0 Å². The van der Waals surface area contributed by atoms with E-state index in [0.717, 1.165) is 0 Å². The minimum absolute atomic E-state index is 0.00154. The number of amides is 2. The molecule has 3 aromatic rings. The van der Waals surface area contributed by atoms with Crippen molar-refractivity contribution in [1.82, 2.24) is 20.0 Å². The van der Waals surface area contributed by atoms with Crippen LogP contribution in [0, 0.1) is 6.92 Å². The van der Waals surface area contributed by atoms with Crippen LogP contribution in [-0.2, 0) is 6.54 Å². The maximum absolute atomic E-state index is 13.0. The third kappa shape index (κ3) is 4.64. The van der Waals surface area contributed by atoms with E-state index in [-0.39, 0.29) is 29.9 Å². The first-order chi connectivity index (χ1) is 15.6. The van der Waals surface area contributed by atoms with Gasteiger partial charge in [-0.3, -0.25) is 9.59 Å². The Hall–Kier alpha value is -3.96. The highest BCUT2D eigenvalue weighted by Crippen LogP contribution is 2.35. The van der Waals surface area contributed by atoms with Gasteiger partial charge in [-0.25, -0.2) is 9.97 Å². The van der Waals surface area contributed by atoms with Gasteiger partial charge in [-0.2, -0.15) is 13.2 Å². The van der Waals surface area contributed by atoms with Crippen molar-refractivity contribution < 1.29 is 32.0 Å². The first-order valence-electron chi connectivity index (χ1n) is 9.81. The highest BCUT2D eigenvalue weighted by molar-refractivity contribution is 6.05. The number of nitrogens with one attached hydrogen (secondary N) is 1. The highest BCUT2D eigenvalue weighted by atomic mass is 19.4. The number of nitrogens with zero attached hydrogens (tertiary/aromatic N) is 4. The van der Waals surface area contributed by atoms with Crippen molar-refractivity contribution in [2.45, 2.75) is 32.6 Å². The van der Waals surface area contributed by atoms with E-state index < -0.39 is 24.7 Å². The number of rotatable bonds is 6. The highest BCUT2D eigenvalue weighted by Gasteiger charge is 2.34. The summed E-state index contributed by atoms with van der Waals surface area (Å²) in [6.07, 6.45) is -0.341. The van der Waals surface area contributed by atoms with Crippen molar-refractivity contribution in [2.24, 2.45) is 0 Å². The first kappa shape index (κ1) is 22.2. The van der Waals surface area contributed by atoms with Crippen LogP contribution in [0.5, 0.6) is 5.88 Å². The molecule has 9 nitrogen and oxygen atoms in total. The standard InChI is InChI=1S/C21H18F3N5O4/c1-11-7-13(8-26-19(11)32-10-21(22,23)24)12(2)29-9-15-14(20(29)31)3-5-25-17(15)28-18(30)16-4-6-27-33-16/h3-8,12H,9-10H2,1-2H3,(H,25,28,30). The van der Waals surface area contributed by atoms with Gasteiger partial charge >= 0.3 is 6.18 Å². The van der Waals surface area contributed by atoms with Crippen molar-refractivity contribution in [1.29, 1.82) is 0 Å². The lowest BCUT2D eigenvalue weighted by Crippen LogP contribution is -2.27. The van der Waals surface area contributed by atoms with Gasteiger partial charge in [0.15, 0.2) is 6.61 Å². The molecule has 2 amide bonds. The third-order valence-corrected chi connectivity index (χ3v) is 5.14. The number of halogens is 3. The van der Waals surface area contributed by atoms with Crippen molar-refractivity contribution in [3.05, 3.63) is 64.8 Å². The lowest BCUT2D eigenvalue weighted by molar-refractivity contribution is -0.154. The van der Waals surface area contributed by atoms with Crippen LogP contribution in [0.4, 0.5) is 19.0 Å². The molecule has 1 atom stereocenters. The maximum Gasteiger partial charge on any atom is 0.422 e. The molecule has 0 aromatic carbocycles. The molecule has 0 saturated heterocycles. The quantitative estimate of drug-likeness (QED) is 0.596. The molecule has 1 N–H and O–H groups in total. The molecule has 12 heteroatoms. The Morgan fingerprint density at radius 2 is 2.09 bits per heavy atom. The lowest BCUT2D eigenvalue weighted by Gasteiger charge is -2.25. The monoisotopic (exact) mass is 461 g/mol. The topological polar surface area (TPSA) is 110 Å². The third-order valence-electron chi connectivity index (χ3n) is 5.14. The summed E-state index contributed by atoms with van der Waals surface area (Å²) >= 11 is 0. The van der Waals surface area contributed by atoms with Gasteiger partial charge in [0.1, 0.15) is 5.82 Å². The zero-order chi connectivity index (χ0) is 23.8. The van der Waals surface area contributed by atoms with Crippen molar-refractivity contribution >= 4 is 17.6 Å². The van der Waals surface area contributed by atoms with Crippen LogP contribution in [-0.4, -0.2) is 44.6 Å². The van der Waals surface area contributed by atoms with Gasteiger partial charge in [0, 0.05) is 35.2 Å². The molecule has 4 heterocycles. The largest absolute Gasteiger partial charge is 0.468 e. The summed E-state index contributed by atoms with van der Waals surface area (Å²) in [7, 11) is 0. The number of aryl methyl sites for hydroxylation is 1. The van der Waals surface area contributed by atoms with Gasteiger partial charge in [0.05, 0.1) is 18.8 Å². The lowest BCUT2D eigenvalue weighted by atomic mass is 10.1. The van der Waals surface area contributed by atoms with E-state index in [0.29, 0.717) is 22.3 Å². The minimum Gasteiger partial charge on any atom is -0.468 e. The van der Waals surface area contributed by atoms with E-state index in [9.17, 15) is 22.8 Å². The summed E-state index contributed by atoms with van der Waals surface area (Å²) in [5.41, 5.74) is 1.96. The summed E-state index contributed by atoms with van der Waals surface area (Å²) in [4.78, 5) is 35.1. The van der Waals surface area contributed by atoms with Crippen molar-refractivity contribution in [3.63, 3.8) is 0 Å². The van der Waals surface area contributed by atoms with Crippen molar-refractivity contribution in [3.8, 4) is 5.88 Å². The number of hydrogen-bond donors (Lipinski definition) is 1. The zero-order valence-electron chi connectivity index (χ0n) is 17.5. The minimum atomic E-state index is -4.47.